The molecule has 0 saturated carbocycles. The van der Waals surface area contributed by atoms with E-state index in [9.17, 15) is 8.42 Å². The summed E-state index contributed by atoms with van der Waals surface area (Å²) < 4.78 is 25.6. The minimum atomic E-state index is -3.24. The standard InChI is InChI=1S/C15H21N3O2S/c1-12(2)11-18-9-8-16-15(18)10-17-13-6-4-5-7-14(13)21(3,19)20/h4-9,12,17H,10-11H2,1-3H3. The lowest BCUT2D eigenvalue weighted by Gasteiger charge is -2.13. The van der Waals surface area contributed by atoms with E-state index in [2.05, 4.69) is 28.7 Å². The molecule has 0 unspecified atom stereocenters. The topological polar surface area (TPSA) is 64.0 Å². The van der Waals surface area contributed by atoms with E-state index >= 15 is 0 Å². The van der Waals surface area contributed by atoms with E-state index in [4.69, 9.17) is 0 Å². The number of hydrogen-bond acceptors (Lipinski definition) is 4. The van der Waals surface area contributed by atoms with Crippen LogP contribution in [0.15, 0.2) is 41.6 Å². The first-order chi connectivity index (χ1) is 9.88. The van der Waals surface area contributed by atoms with Gasteiger partial charge in [-0.2, -0.15) is 0 Å². The Morgan fingerprint density at radius 2 is 2.00 bits per heavy atom. The number of rotatable bonds is 6. The molecule has 0 radical (unpaired) electrons. The van der Waals surface area contributed by atoms with Crippen LogP contribution in [0.3, 0.4) is 0 Å². The Hall–Kier alpha value is -1.82. The summed E-state index contributed by atoms with van der Waals surface area (Å²) >= 11 is 0. The van der Waals surface area contributed by atoms with Gasteiger partial charge in [0.1, 0.15) is 5.82 Å². The molecule has 0 amide bonds. The van der Waals surface area contributed by atoms with Crippen molar-refractivity contribution in [2.45, 2.75) is 31.8 Å². The quantitative estimate of drug-likeness (QED) is 0.891. The predicted molar refractivity (Wildman–Crippen MR) is 83.9 cm³/mol. The van der Waals surface area contributed by atoms with Gasteiger partial charge in [-0.15, -0.1) is 0 Å². The molecule has 0 saturated heterocycles. The third-order valence-electron chi connectivity index (χ3n) is 3.09. The smallest absolute Gasteiger partial charge is 0.177 e. The van der Waals surface area contributed by atoms with Crippen LogP contribution in [0.25, 0.3) is 0 Å². The van der Waals surface area contributed by atoms with E-state index in [-0.39, 0.29) is 0 Å². The maximum absolute atomic E-state index is 11.8. The molecule has 0 aliphatic rings. The van der Waals surface area contributed by atoms with Gasteiger partial charge in [0.25, 0.3) is 0 Å². The number of nitrogens with zero attached hydrogens (tertiary/aromatic N) is 2. The molecule has 1 aromatic heterocycles. The molecule has 114 valence electrons. The van der Waals surface area contributed by atoms with Crippen LogP contribution in [0.5, 0.6) is 0 Å². The Morgan fingerprint density at radius 1 is 1.29 bits per heavy atom. The van der Waals surface area contributed by atoms with E-state index in [0.29, 0.717) is 23.0 Å². The molecule has 0 aliphatic heterocycles. The summed E-state index contributed by atoms with van der Waals surface area (Å²) in [5.74, 6) is 1.42. The van der Waals surface area contributed by atoms with Gasteiger partial charge in [0, 0.05) is 25.2 Å². The van der Waals surface area contributed by atoms with Gasteiger partial charge in [0.15, 0.2) is 9.84 Å². The van der Waals surface area contributed by atoms with Crippen LogP contribution < -0.4 is 5.32 Å². The van der Waals surface area contributed by atoms with Gasteiger partial charge in [-0.25, -0.2) is 13.4 Å². The Kier molecular flexibility index (Phi) is 4.67. The normalized spacial score (nSPS) is 11.8. The van der Waals surface area contributed by atoms with Crippen LogP contribution in [0.1, 0.15) is 19.7 Å². The molecule has 1 N–H and O–H groups in total. The summed E-state index contributed by atoms with van der Waals surface area (Å²) in [6, 6.07) is 6.92. The number of para-hydroxylation sites is 1. The number of aromatic nitrogens is 2. The Bertz CT molecular complexity index is 705. The van der Waals surface area contributed by atoms with E-state index in [1.165, 1.54) is 6.26 Å². The number of sulfone groups is 1. The fraction of sp³-hybridized carbons (Fsp3) is 0.400. The van der Waals surface area contributed by atoms with Crippen molar-refractivity contribution in [3.05, 3.63) is 42.5 Å². The second kappa shape index (κ2) is 6.30. The van der Waals surface area contributed by atoms with Crippen molar-refractivity contribution in [3.8, 4) is 0 Å². The zero-order valence-electron chi connectivity index (χ0n) is 12.6. The first-order valence-electron chi connectivity index (χ1n) is 6.91. The lowest BCUT2D eigenvalue weighted by Crippen LogP contribution is -2.12. The average Bonchev–Trinajstić information content (AvgIpc) is 2.82. The van der Waals surface area contributed by atoms with E-state index < -0.39 is 9.84 Å². The molecule has 6 heteroatoms. The molecule has 21 heavy (non-hydrogen) atoms. The number of anilines is 1. The zero-order chi connectivity index (χ0) is 15.5. The minimum absolute atomic E-state index is 0.312. The molecular formula is C15H21N3O2S. The van der Waals surface area contributed by atoms with Gasteiger partial charge in [-0.1, -0.05) is 26.0 Å². The highest BCUT2D eigenvalue weighted by molar-refractivity contribution is 7.90. The van der Waals surface area contributed by atoms with Gasteiger partial charge in [0.05, 0.1) is 17.1 Å². The molecule has 0 fully saturated rings. The van der Waals surface area contributed by atoms with Crippen LogP contribution in [-0.4, -0.2) is 24.2 Å². The van der Waals surface area contributed by atoms with Crippen molar-refractivity contribution in [2.24, 2.45) is 5.92 Å². The minimum Gasteiger partial charge on any atom is -0.377 e. The van der Waals surface area contributed by atoms with Crippen molar-refractivity contribution in [1.29, 1.82) is 0 Å². The van der Waals surface area contributed by atoms with E-state index in [1.54, 1.807) is 24.4 Å². The highest BCUT2D eigenvalue weighted by Crippen LogP contribution is 2.21. The third-order valence-corrected chi connectivity index (χ3v) is 4.24. The van der Waals surface area contributed by atoms with Crippen LogP contribution in [0.4, 0.5) is 5.69 Å². The van der Waals surface area contributed by atoms with Crippen LogP contribution >= 0.6 is 0 Å². The average molecular weight is 307 g/mol. The molecule has 1 aromatic carbocycles. The predicted octanol–water partition coefficient (Wildman–Crippen LogP) is 2.55. The molecule has 0 bridgehead atoms. The summed E-state index contributed by atoms with van der Waals surface area (Å²) in [5.41, 5.74) is 0.610. The van der Waals surface area contributed by atoms with Gasteiger partial charge >= 0.3 is 0 Å². The molecule has 5 nitrogen and oxygen atoms in total. The van der Waals surface area contributed by atoms with Crippen LogP contribution in [0.2, 0.25) is 0 Å². The number of benzene rings is 1. The van der Waals surface area contributed by atoms with Crippen molar-refractivity contribution in [2.75, 3.05) is 11.6 Å². The molecule has 2 rings (SSSR count). The number of nitrogens with one attached hydrogen (secondary N) is 1. The fourth-order valence-corrected chi connectivity index (χ4v) is 3.04. The zero-order valence-corrected chi connectivity index (χ0v) is 13.4. The van der Waals surface area contributed by atoms with Crippen molar-refractivity contribution in [1.82, 2.24) is 9.55 Å². The maximum Gasteiger partial charge on any atom is 0.177 e. The first kappa shape index (κ1) is 15.6. The SMILES string of the molecule is CC(C)Cn1ccnc1CNc1ccccc1S(C)(=O)=O. The van der Waals surface area contributed by atoms with Crippen LogP contribution in [0, 0.1) is 5.92 Å². The summed E-state index contributed by atoms with van der Waals surface area (Å²) in [4.78, 5) is 4.64. The van der Waals surface area contributed by atoms with Gasteiger partial charge in [-0.3, -0.25) is 0 Å². The number of imidazole rings is 1. The maximum atomic E-state index is 11.8. The lowest BCUT2D eigenvalue weighted by molar-refractivity contribution is 0.509. The Balaban J connectivity index is 2.16. The van der Waals surface area contributed by atoms with Crippen molar-refractivity contribution in [3.63, 3.8) is 0 Å². The lowest BCUT2D eigenvalue weighted by atomic mass is 10.2. The summed E-state index contributed by atoms with van der Waals surface area (Å²) in [5, 5.41) is 3.17. The van der Waals surface area contributed by atoms with Crippen LogP contribution in [-0.2, 0) is 22.9 Å². The Morgan fingerprint density at radius 3 is 2.67 bits per heavy atom. The highest BCUT2D eigenvalue weighted by Gasteiger charge is 2.13. The molecule has 1 heterocycles. The van der Waals surface area contributed by atoms with Gasteiger partial charge in [0.2, 0.25) is 0 Å². The molecule has 0 atom stereocenters. The summed E-state index contributed by atoms with van der Waals surface area (Å²) in [6.45, 7) is 5.68. The van der Waals surface area contributed by atoms with Gasteiger partial charge < -0.3 is 9.88 Å². The fourth-order valence-electron chi connectivity index (χ4n) is 2.18. The highest BCUT2D eigenvalue weighted by atomic mass is 32.2. The molecule has 0 spiro atoms. The van der Waals surface area contributed by atoms with Crippen molar-refractivity contribution < 1.29 is 8.42 Å². The second-order valence-corrected chi connectivity index (χ2v) is 7.50. The molecular weight excluding hydrogens is 286 g/mol. The van der Waals surface area contributed by atoms with Gasteiger partial charge in [-0.05, 0) is 18.1 Å². The monoisotopic (exact) mass is 307 g/mol. The van der Waals surface area contributed by atoms with E-state index in [0.717, 1.165) is 12.4 Å². The van der Waals surface area contributed by atoms with E-state index in [1.807, 2.05) is 12.3 Å². The van der Waals surface area contributed by atoms with Crippen molar-refractivity contribution >= 4 is 15.5 Å². The largest absolute Gasteiger partial charge is 0.377 e. The summed E-state index contributed by atoms with van der Waals surface area (Å²) in [6.07, 6.45) is 4.93. The Labute approximate surface area is 125 Å². The summed E-state index contributed by atoms with van der Waals surface area (Å²) in [7, 11) is -3.24. The first-order valence-corrected chi connectivity index (χ1v) is 8.80. The number of hydrogen-bond donors (Lipinski definition) is 1. The molecule has 0 aliphatic carbocycles. The second-order valence-electron chi connectivity index (χ2n) is 5.51. The molecule has 2 aromatic rings. The third kappa shape index (κ3) is 4.07.